The summed E-state index contributed by atoms with van der Waals surface area (Å²) in [6.45, 7) is 2.66. The molecule has 2 heterocycles. The highest BCUT2D eigenvalue weighted by Gasteiger charge is 2.32. The molecule has 0 N–H and O–H groups in total. The van der Waals surface area contributed by atoms with Crippen LogP contribution >= 0.6 is 0 Å². The van der Waals surface area contributed by atoms with E-state index in [0.29, 0.717) is 13.1 Å². The van der Waals surface area contributed by atoms with Gasteiger partial charge < -0.3 is 15.0 Å². The van der Waals surface area contributed by atoms with Gasteiger partial charge in [0, 0.05) is 20.0 Å². The monoisotopic (exact) mass is 210 g/mol. The fourth-order valence-corrected chi connectivity index (χ4v) is 1.51. The van der Waals surface area contributed by atoms with Crippen molar-refractivity contribution in [2.45, 2.75) is 13.0 Å². The van der Waals surface area contributed by atoms with E-state index >= 15 is 0 Å². The Bertz CT molecular complexity index is 408. The molecule has 0 bridgehead atoms. The average Bonchev–Trinajstić information content (AvgIpc) is 2.49. The molecule has 80 valence electrons. The first-order valence-corrected chi connectivity index (χ1v) is 4.53. The Hall–Kier alpha value is -1.92. The van der Waals surface area contributed by atoms with Crippen molar-refractivity contribution in [1.82, 2.24) is 14.7 Å². The number of carbonyl (C=O) groups is 1. The predicted molar refractivity (Wildman–Crippen MR) is 50.2 cm³/mol. The third kappa shape index (κ3) is 1.67. The van der Waals surface area contributed by atoms with Crippen LogP contribution < -0.4 is 0 Å². The normalized spacial score (nSPS) is 16.2. The van der Waals surface area contributed by atoms with Gasteiger partial charge in [-0.25, -0.2) is 0 Å². The second kappa shape index (κ2) is 3.34. The van der Waals surface area contributed by atoms with Gasteiger partial charge in [0.15, 0.2) is 0 Å². The topological polar surface area (TPSA) is 81.3 Å². The minimum absolute atomic E-state index is 0.0212. The van der Waals surface area contributed by atoms with Crippen LogP contribution in [-0.2, 0) is 4.79 Å². The van der Waals surface area contributed by atoms with Crippen molar-refractivity contribution in [3.63, 3.8) is 0 Å². The highest BCUT2D eigenvalue weighted by atomic mass is 16.6. The Balaban J connectivity index is 2.01. The van der Waals surface area contributed by atoms with E-state index < -0.39 is 4.92 Å². The van der Waals surface area contributed by atoms with Crippen molar-refractivity contribution in [1.29, 1.82) is 0 Å². The average molecular weight is 210 g/mol. The van der Waals surface area contributed by atoms with Gasteiger partial charge in [0.1, 0.15) is 6.04 Å². The van der Waals surface area contributed by atoms with Crippen LogP contribution in [0.5, 0.6) is 0 Å². The van der Waals surface area contributed by atoms with Crippen LogP contribution in [-0.4, -0.2) is 38.6 Å². The number of aromatic nitrogens is 2. The summed E-state index contributed by atoms with van der Waals surface area (Å²) in [6, 6.07) is 1.43. The summed E-state index contributed by atoms with van der Waals surface area (Å²) in [5, 5.41) is 14.2. The van der Waals surface area contributed by atoms with E-state index in [2.05, 4.69) is 5.10 Å². The molecule has 0 atom stereocenters. The molecule has 0 spiro atoms. The van der Waals surface area contributed by atoms with Crippen molar-refractivity contribution in [2.75, 3.05) is 13.1 Å². The van der Waals surface area contributed by atoms with E-state index in [-0.39, 0.29) is 17.8 Å². The van der Waals surface area contributed by atoms with Gasteiger partial charge in [0.25, 0.3) is 0 Å². The minimum Gasteiger partial charge on any atom is -0.358 e. The third-order valence-electron chi connectivity index (χ3n) is 2.46. The molecule has 1 aromatic rings. The maximum Gasteiger partial charge on any atom is 0.389 e. The maximum absolute atomic E-state index is 10.9. The third-order valence-corrected chi connectivity index (χ3v) is 2.46. The Morgan fingerprint density at radius 1 is 1.67 bits per heavy atom. The van der Waals surface area contributed by atoms with Gasteiger partial charge in [-0.05, 0) is 4.92 Å². The summed E-state index contributed by atoms with van der Waals surface area (Å²) in [4.78, 5) is 22.4. The molecule has 7 heteroatoms. The lowest BCUT2D eigenvalue weighted by Gasteiger charge is -2.36. The molecule has 0 aliphatic carbocycles. The van der Waals surface area contributed by atoms with Crippen molar-refractivity contribution < 1.29 is 9.72 Å². The standard InChI is InChI=1S/C8H10N4O3/c1-6(13)10-4-7(5-10)11-3-2-8(9-11)12(14)15/h2-3,7H,4-5H2,1H3. The zero-order chi connectivity index (χ0) is 11.0. The van der Waals surface area contributed by atoms with Crippen molar-refractivity contribution >= 4 is 11.7 Å². The molecular weight excluding hydrogens is 200 g/mol. The van der Waals surface area contributed by atoms with E-state index in [0.717, 1.165) is 0 Å². The molecule has 1 aliphatic heterocycles. The minimum atomic E-state index is -0.530. The maximum atomic E-state index is 10.9. The van der Waals surface area contributed by atoms with Gasteiger partial charge in [-0.15, -0.1) is 0 Å². The van der Waals surface area contributed by atoms with E-state index in [4.69, 9.17) is 0 Å². The molecule has 1 saturated heterocycles. The fraction of sp³-hybridized carbons (Fsp3) is 0.500. The Morgan fingerprint density at radius 2 is 2.33 bits per heavy atom. The predicted octanol–water partition coefficient (Wildman–Crippen LogP) is 0.194. The first-order valence-electron chi connectivity index (χ1n) is 4.53. The van der Waals surface area contributed by atoms with Gasteiger partial charge >= 0.3 is 5.82 Å². The lowest BCUT2D eigenvalue weighted by molar-refractivity contribution is -0.389. The summed E-state index contributed by atoms with van der Waals surface area (Å²) in [5.41, 5.74) is 0. The second-order valence-electron chi connectivity index (χ2n) is 3.49. The number of carbonyl (C=O) groups excluding carboxylic acids is 1. The number of likely N-dealkylation sites (tertiary alicyclic amines) is 1. The molecule has 15 heavy (non-hydrogen) atoms. The smallest absolute Gasteiger partial charge is 0.358 e. The summed E-state index contributed by atoms with van der Waals surface area (Å²) in [5.74, 6) is -0.135. The van der Waals surface area contributed by atoms with Gasteiger partial charge in [0.2, 0.25) is 5.91 Å². The fourth-order valence-electron chi connectivity index (χ4n) is 1.51. The molecule has 1 aromatic heterocycles. The molecule has 0 saturated carbocycles. The molecule has 0 unspecified atom stereocenters. The molecule has 1 aliphatic rings. The molecular formula is C8H10N4O3. The Kier molecular flexibility index (Phi) is 2.14. The first-order chi connectivity index (χ1) is 7.08. The van der Waals surface area contributed by atoms with E-state index in [9.17, 15) is 14.9 Å². The molecule has 0 radical (unpaired) electrons. The zero-order valence-electron chi connectivity index (χ0n) is 8.16. The summed E-state index contributed by atoms with van der Waals surface area (Å²) < 4.78 is 1.54. The van der Waals surface area contributed by atoms with Crippen molar-refractivity contribution in [3.05, 3.63) is 22.4 Å². The zero-order valence-corrected chi connectivity index (χ0v) is 8.16. The largest absolute Gasteiger partial charge is 0.389 e. The summed E-state index contributed by atoms with van der Waals surface area (Å²) >= 11 is 0. The van der Waals surface area contributed by atoms with E-state index in [1.807, 2.05) is 0 Å². The highest BCUT2D eigenvalue weighted by molar-refractivity contribution is 5.74. The van der Waals surface area contributed by atoms with Crippen molar-refractivity contribution in [2.24, 2.45) is 0 Å². The molecule has 1 amide bonds. The summed E-state index contributed by atoms with van der Waals surface area (Å²) in [6.07, 6.45) is 1.57. The van der Waals surface area contributed by atoms with Gasteiger partial charge in [0.05, 0.1) is 17.4 Å². The number of rotatable bonds is 2. The van der Waals surface area contributed by atoms with Crippen LogP contribution in [0.1, 0.15) is 13.0 Å². The van der Waals surface area contributed by atoms with E-state index in [1.165, 1.54) is 17.7 Å². The van der Waals surface area contributed by atoms with Gasteiger partial charge in [-0.3, -0.25) is 4.79 Å². The molecule has 1 fully saturated rings. The number of nitrogens with zero attached hydrogens (tertiary/aromatic N) is 4. The van der Waals surface area contributed by atoms with Gasteiger partial charge in [-0.2, -0.15) is 4.68 Å². The van der Waals surface area contributed by atoms with Crippen LogP contribution in [0.25, 0.3) is 0 Å². The molecule has 0 aromatic carbocycles. The van der Waals surface area contributed by atoms with Crippen molar-refractivity contribution in [3.8, 4) is 0 Å². The van der Waals surface area contributed by atoms with Gasteiger partial charge in [-0.1, -0.05) is 0 Å². The molecule has 7 nitrogen and oxygen atoms in total. The van der Waals surface area contributed by atoms with Crippen LogP contribution in [0, 0.1) is 10.1 Å². The molecule has 2 rings (SSSR count). The Morgan fingerprint density at radius 3 is 2.80 bits per heavy atom. The van der Waals surface area contributed by atoms with E-state index in [1.54, 1.807) is 11.1 Å². The quantitative estimate of drug-likeness (QED) is 0.515. The van der Waals surface area contributed by atoms with Crippen LogP contribution in [0.4, 0.5) is 5.82 Å². The van der Waals surface area contributed by atoms with Crippen LogP contribution in [0.15, 0.2) is 12.3 Å². The van der Waals surface area contributed by atoms with Crippen LogP contribution in [0.2, 0.25) is 0 Å². The highest BCUT2D eigenvalue weighted by Crippen LogP contribution is 2.21. The first kappa shape index (κ1) is 9.63. The summed E-state index contributed by atoms with van der Waals surface area (Å²) in [7, 11) is 0. The lowest BCUT2D eigenvalue weighted by Crippen LogP contribution is -2.49. The van der Waals surface area contributed by atoms with Crippen LogP contribution in [0.3, 0.4) is 0 Å². The Labute approximate surface area is 85.4 Å². The number of amides is 1. The number of hydrogen-bond donors (Lipinski definition) is 0. The number of nitro groups is 1. The number of hydrogen-bond acceptors (Lipinski definition) is 4. The SMILES string of the molecule is CC(=O)N1CC(n2ccc([N+](=O)[O-])n2)C1. The lowest BCUT2D eigenvalue weighted by atomic mass is 10.1. The second-order valence-corrected chi connectivity index (χ2v) is 3.49.